The number of anilines is 1. The van der Waals surface area contributed by atoms with Gasteiger partial charge in [0.1, 0.15) is 0 Å². The molecule has 106 valence electrons. The lowest BCUT2D eigenvalue weighted by atomic mass is 9.85. The summed E-state index contributed by atoms with van der Waals surface area (Å²) in [6.07, 6.45) is 6.12. The molecule has 1 saturated carbocycles. The van der Waals surface area contributed by atoms with E-state index in [-0.39, 0.29) is 6.10 Å². The predicted molar refractivity (Wildman–Crippen MR) is 81.8 cm³/mol. The van der Waals surface area contributed by atoms with Gasteiger partial charge in [0, 0.05) is 19.3 Å². The van der Waals surface area contributed by atoms with Gasteiger partial charge in [0.25, 0.3) is 0 Å². The summed E-state index contributed by atoms with van der Waals surface area (Å²) in [4.78, 5) is 2.19. The molecule has 19 heavy (non-hydrogen) atoms. The fourth-order valence-electron chi connectivity index (χ4n) is 3.23. The van der Waals surface area contributed by atoms with E-state index < -0.39 is 0 Å². The zero-order valence-electron chi connectivity index (χ0n) is 12.5. The molecular weight excluding hydrogens is 234 g/mol. The Morgan fingerprint density at radius 1 is 1.11 bits per heavy atom. The van der Waals surface area contributed by atoms with Crippen molar-refractivity contribution in [1.82, 2.24) is 0 Å². The second kappa shape index (κ2) is 6.42. The van der Waals surface area contributed by atoms with E-state index in [1.807, 2.05) is 0 Å². The maximum Gasteiger partial charge on any atom is 0.0743 e. The van der Waals surface area contributed by atoms with Crippen LogP contribution in [0.2, 0.25) is 0 Å². The summed E-state index contributed by atoms with van der Waals surface area (Å²) in [5.74, 6) is 0.502. The van der Waals surface area contributed by atoms with Gasteiger partial charge >= 0.3 is 0 Å². The van der Waals surface area contributed by atoms with E-state index in [4.69, 9.17) is 0 Å². The molecule has 1 fully saturated rings. The third kappa shape index (κ3) is 3.97. The Bertz CT molecular complexity index is 389. The molecule has 0 bridgehead atoms. The predicted octanol–water partition coefficient (Wildman–Crippen LogP) is 3.68. The van der Waals surface area contributed by atoms with Gasteiger partial charge in [-0.05, 0) is 55.9 Å². The molecule has 1 N–H and O–H groups in total. The maximum absolute atomic E-state index is 10.4. The minimum absolute atomic E-state index is 0.189. The quantitative estimate of drug-likeness (QED) is 0.893. The van der Waals surface area contributed by atoms with Crippen LogP contribution < -0.4 is 4.90 Å². The number of nitrogens with zero attached hydrogens (tertiary/aromatic N) is 1. The molecule has 1 aliphatic rings. The van der Waals surface area contributed by atoms with E-state index in [0.29, 0.717) is 5.92 Å². The van der Waals surface area contributed by atoms with Gasteiger partial charge in [-0.25, -0.2) is 0 Å². The molecule has 1 aromatic carbocycles. The first-order valence-electron chi connectivity index (χ1n) is 7.54. The molecule has 1 atom stereocenters. The van der Waals surface area contributed by atoms with Gasteiger partial charge in [-0.1, -0.05) is 25.3 Å². The van der Waals surface area contributed by atoms with Gasteiger partial charge in [0.15, 0.2) is 0 Å². The number of benzene rings is 1. The van der Waals surface area contributed by atoms with Crippen LogP contribution in [0.5, 0.6) is 0 Å². The van der Waals surface area contributed by atoms with Crippen LogP contribution in [-0.4, -0.2) is 24.8 Å². The normalized spacial score (nSPS) is 18.3. The van der Waals surface area contributed by atoms with Crippen molar-refractivity contribution in [2.75, 3.05) is 18.5 Å². The van der Waals surface area contributed by atoms with Crippen LogP contribution in [0.15, 0.2) is 18.2 Å². The van der Waals surface area contributed by atoms with Crippen molar-refractivity contribution in [3.05, 3.63) is 29.3 Å². The van der Waals surface area contributed by atoms with E-state index in [2.05, 4.69) is 44.0 Å². The number of likely N-dealkylation sites (N-methyl/N-ethyl adjacent to an activating group) is 1. The molecule has 2 rings (SSSR count). The lowest BCUT2D eigenvalue weighted by Gasteiger charge is -2.30. The average molecular weight is 261 g/mol. The number of aliphatic hydroxyl groups is 1. The van der Waals surface area contributed by atoms with E-state index in [1.165, 1.54) is 48.9 Å². The third-order valence-corrected chi connectivity index (χ3v) is 4.30. The van der Waals surface area contributed by atoms with Crippen molar-refractivity contribution in [3.63, 3.8) is 0 Å². The zero-order chi connectivity index (χ0) is 13.8. The SMILES string of the molecule is Cc1cc(C)cc(N(C)CC(O)C2CCCCC2)c1. The molecule has 0 aliphatic heterocycles. The molecule has 0 radical (unpaired) electrons. The molecule has 0 spiro atoms. The largest absolute Gasteiger partial charge is 0.391 e. The van der Waals surface area contributed by atoms with Gasteiger partial charge < -0.3 is 10.0 Å². The minimum Gasteiger partial charge on any atom is -0.391 e. The van der Waals surface area contributed by atoms with E-state index in [9.17, 15) is 5.11 Å². The van der Waals surface area contributed by atoms with Crippen molar-refractivity contribution in [2.45, 2.75) is 52.1 Å². The van der Waals surface area contributed by atoms with Gasteiger partial charge in [-0.2, -0.15) is 0 Å². The monoisotopic (exact) mass is 261 g/mol. The number of hydrogen-bond donors (Lipinski definition) is 1. The standard InChI is InChI=1S/C17H27NO/c1-13-9-14(2)11-16(10-13)18(3)12-17(19)15-7-5-4-6-8-15/h9-11,15,17,19H,4-8,12H2,1-3H3. The number of rotatable bonds is 4. The number of aryl methyl sites for hydroxylation is 2. The zero-order valence-corrected chi connectivity index (χ0v) is 12.5. The first kappa shape index (κ1) is 14.4. The fraction of sp³-hybridized carbons (Fsp3) is 0.647. The van der Waals surface area contributed by atoms with Crippen LogP contribution >= 0.6 is 0 Å². The van der Waals surface area contributed by atoms with Gasteiger partial charge in [0.05, 0.1) is 6.10 Å². The van der Waals surface area contributed by atoms with Crippen LogP contribution in [0.4, 0.5) is 5.69 Å². The molecule has 2 heteroatoms. The van der Waals surface area contributed by atoms with Gasteiger partial charge in [-0.3, -0.25) is 0 Å². The Balaban J connectivity index is 1.97. The molecule has 1 aromatic rings. The molecule has 0 heterocycles. The molecule has 2 nitrogen and oxygen atoms in total. The summed E-state index contributed by atoms with van der Waals surface area (Å²) in [5, 5.41) is 10.4. The number of aliphatic hydroxyl groups excluding tert-OH is 1. The van der Waals surface area contributed by atoms with Gasteiger partial charge in [0.2, 0.25) is 0 Å². The highest BCUT2D eigenvalue weighted by molar-refractivity contribution is 5.50. The molecule has 1 aliphatic carbocycles. The summed E-state index contributed by atoms with van der Waals surface area (Å²) in [5.41, 5.74) is 3.79. The van der Waals surface area contributed by atoms with Crippen LogP contribution in [0.25, 0.3) is 0 Å². The topological polar surface area (TPSA) is 23.5 Å². The number of hydrogen-bond acceptors (Lipinski definition) is 2. The van der Waals surface area contributed by atoms with E-state index >= 15 is 0 Å². The Hall–Kier alpha value is -1.02. The summed E-state index contributed by atoms with van der Waals surface area (Å²) in [7, 11) is 2.08. The average Bonchev–Trinajstić information content (AvgIpc) is 2.38. The minimum atomic E-state index is -0.189. The van der Waals surface area contributed by atoms with Crippen LogP contribution in [0.1, 0.15) is 43.2 Å². The Morgan fingerprint density at radius 3 is 2.26 bits per heavy atom. The summed E-state index contributed by atoms with van der Waals surface area (Å²) >= 11 is 0. The summed E-state index contributed by atoms with van der Waals surface area (Å²) in [6, 6.07) is 6.58. The second-order valence-corrected chi connectivity index (χ2v) is 6.19. The smallest absolute Gasteiger partial charge is 0.0743 e. The second-order valence-electron chi connectivity index (χ2n) is 6.19. The van der Waals surface area contributed by atoms with Crippen LogP contribution in [-0.2, 0) is 0 Å². The molecule has 0 aromatic heterocycles. The highest BCUT2D eigenvalue weighted by Gasteiger charge is 2.22. The molecule has 0 amide bonds. The highest BCUT2D eigenvalue weighted by atomic mass is 16.3. The van der Waals surface area contributed by atoms with Crippen molar-refractivity contribution in [3.8, 4) is 0 Å². The molecule has 1 unspecified atom stereocenters. The van der Waals surface area contributed by atoms with Crippen LogP contribution in [0.3, 0.4) is 0 Å². The lowest BCUT2D eigenvalue weighted by molar-refractivity contribution is 0.0910. The van der Waals surface area contributed by atoms with Crippen molar-refractivity contribution in [2.24, 2.45) is 5.92 Å². The van der Waals surface area contributed by atoms with Crippen molar-refractivity contribution < 1.29 is 5.11 Å². The van der Waals surface area contributed by atoms with Crippen molar-refractivity contribution in [1.29, 1.82) is 0 Å². The molecular formula is C17H27NO. The van der Waals surface area contributed by atoms with Crippen LogP contribution in [0, 0.1) is 19.8 Å². The lowest BCUT2D eigenvalue weighted by Crippen LogP contribution is -2.35. The Kier molecular flexibility index (Phi) is 4.87. The summed E-state index contributed by atoms with van der Waals surface area (Å²) in [6.45, 7) is 5.00. The van der Waals surface area contributed by atoms with Gasteiger partial charge in [-0.15, -0.1) is 0 Å². The first-order chi connectivity index (χ1) is 9.06. The van der Waals surface area contributed by atoms with E-state index in [0.717, 1.165) is 6.54 Å². The maximum atomic E-state index is 10.4. The Morgan fingerprint density at radius 2 is 1.68 bits per heavy atom. The summed E-state index contributed by atoms with van der Waals surface area (Å²) < 4.78 is 0. The third-order valence-electron chi connectivity index (χ3n) is 4.30. The van der Waals surface area contributed by atoms with Crippen molar-refractivity contribution >= 4 is 5.69 Å². The highest BCUT2D eigenvalue weighted by Crippen LogP contribution is 2.27. The molecule has 0 saturated heterocycles. The Labute approximate surface area is 117 Å². The van der Waals surface area contributed by atoms with E-state index in [1.54, 1.807) is 0 Å². The fourth-order valence-corrected chi connectivity index (χ4v) is 3.23. The first-order valence-corrected chi connectivity index (χ1v) is 7.54.